The van der Waals surface area contributed by atoms with Crippen LogP contribution >= 0.6 is 0 Å². The van der Waals surface area contributed by atoms with Gasteiger partial charge < -0.3 is 9.64 Å². The van der Waals surface area contributed by atoms with Gasteiger partial charge in [0.15, 0.2) is 6.61 Å². The highest BCUT2D eigenvalue weighted by atomic mass is 32.2. The SMILES string of the molecule is CCCNS(=O)(=O)c1ccc(OCC(=O)N2CCN(C(c3ccccc3)c3ccccc3)CC2)c(C)c1. The van der Waals surface area contributed by atoms with E-state index in [9.17, 15) is 13.2 Å². The molecule has 1 aliphatic rings. The molecule has 1 aliphatic heterocycles. The first-order valence-electron chi connectivity index (χ1n) is 12.7. The second-order valence-corrected chi connectivity index (χ2v) is 11.0. The lowest BCUT2D eigenvalue weighted by molar-refractivity contribution is -0.135. The highest BCUT2D eigenvalue weighted by Gasteiger charge is 2.28. The molecule has 37 heavy (non-hydrogen) atoms. The van der Waals surface area contributed by atoms with Crippen molar-refractivity contribution in [3.63, 3.8) is 0 Å². The Morgan fingerprint density at radius 1 is 0.919 bits per heavy atom. The number of amides is 1. The maximum Gasteiger partial charge on any atom is 0.260 e. The molecule has 7 nitrogen and oxygen atoms in total. The molecule has 0 aliphatic carbocycles. The van der Waals surface area contributed by atoms with Gasteiger partial charge in [-0.05, 0) is 48.2 Å². The molecule has 0 spiro atoms. The van der Waals surface area contributed by atoms with E-state index in [2.05, 4.69) is 58.2 Å². The molecule has 4 rings (SSSR count). The fourth-order valence-electron chi connectivity index (χ4n) is 4.62. The number of sulfonamides is 1. The second kappa shape index (κ2) is 12.4. The van der Waals surface area contributed by atoms with Crippen LogP contribution < -0.4 is 9.46 Å². The molecule has 3 aromatic rings. The van der Waals surface area contributed by atoms with Gasteiger partial charge in [-0.2, -0.15) is 0 Å². The van der Waals surface area contributed by atoms with Gasteiger partial charge >= 0.3 is 0 Å². The quantitative estimate of drug-likeness (QED) is 0.436. The van der Waals surface area contributed by atoms with Crippen molar-refractivity contribution in [2.24, 2.45) is 0 Å². The minimum atomic E-state index is -3.55. The van der Waals surface area contributed by atoms with Crippen LogP contribution in [0.5, 0.6) is 5.75 Å². The van der Waals surface area contributed by atoms with E-state index in [0.717, 1.165) is 19.5 Å². The zero-order valence-corrected chi connectivity index (χ0v) is 22.3. The Balaban J connectivity index is 1.35. The minimum absolute atomic E-state index is 0.0728. The molecule has 0 saturated carbocycles. The number of aryl methyl sites for hydroxylation is 1. The number of piperazine rings is 1. The van der Waals surface area contributed by atoms with Gasteiger partial charge in [-0.1, -0.05) is 67.6 Å². The van der Waals surface area contributed by atoms with Gasteiger partial charge in [0.05, 0.1) is 10.9 Å². The lowest BCUT2D eigenvalue weighted by atomic mass is 9.96. The fourth-order valence-corrected chi connectivity index (χ4v) is 5.83. The molecule has 0 aromatic heterocycles. The number of hydrogen-bond donors (Lipinski definition) is 1. The summed E-state index contributed by atoms with van der Waals surface area (Å²) in [5.74, 6) is 0.436. The Kier molecular flexibility index (Phi) is 8.97. The van der Waals surface area contributed by atoms with Gasteiger partial charge in [0.1, 0.15) is 5.75 Å². The predicted octanol–water partition coefficient (Wildman–Crippen LogP) is 4.00. The van der Waals surface area contributed by atoms with E-state index >= 15 is 0 Å². The maximum atomic E-state index is 12.9. The number of benzene rings is 3. The molecule has 3 aromatic carbocycles. The van der Waals surface area contributed by atoms with Crippen molar-refractivity contribution in [3.05, 3.63) is 95.6 Å². The van der Waals surface area contributed by atoms with Crippen molar-refractivity contribution in [3.8, 4) is 5.75 Å². The molecule has 1 N–H and O–H groups in total. The first kappa shape index (κ1) is 26.9. The average molecular weight is 522 g/mol. The van der Waals surface area contributed by atoms with E-state index < -0.39 is 10.0 Å². The van der Waals surface area contributed by atoms with Crippen molar-refractivity contribution >= 4 is 15.9 Å². The molecule has 0 atom stereocenters. The lowest BCUT2D eigenvalue weighted by Crippen LogP contribution is -2.51. The summed E-state index contributed by atoms with van der Waals surface area (Å²) in [6.07, 6.45) is 0.717. The third kappa shape index (κ3) is 6.77. The van der Waals surface area contributed by atoms with Crippen LogP contribution in [-0.4, -0.2) is 63.5 Å². The van der Waals surface area contributed by atoms with Crippen LogP contribution in [-0.2, 0) is 14.8 Å². The first-order valence-corrected chi connectivity index (χ1v) is 14.2. The number of hydrogen-bond acceptors (Lipinski definition) is 5. The van der Waals surface area contributed by atoms with Gasteiger partial charge in [0, 0.05) is 32.7 Å². The molecular weight excluding hydrogens is 486 g/mol. The number of nitrogens with zero attached hydrogens (tertiary/aromatic N) is 2. The average Bonchev–Trinajstić information content (AvgIpc) is 2.93. The van der Waals surface area contributed by atoms with E-state index in [1.54, 1.807) is 19.1 Å². The summed E-state index contributed by atoms with van der Waals surface area (Å²) in [4.78, 5) is 17.4. The molecule has 0 unspecified atom stereocenters. The van der Waals surface area contributed by atoms with Crippen LogP contribution in [0.4, 0.5) is 0 Å². The normalized spacial score (nSPS) is 14.6. The summed E-state index contributed by atoms with van der Waals surface area (Å²) in [5.41, 5.74) is 3.15. The van der Waals surface area contributed by atoms with Crippen LogP contribution in [0.15, 0.2) is 83.8 Å². The van der Waals surface area contributed by atoms with Crippen LogP contribution in [0.25, 0.3) is 0 Å². The van der Waals surface area contributed by atoms with Crippen molar-refractivity contribution in [1.82, 2.24) is 14.5 Å². The molecule has 1 saturated heterocycles. The Morgan fingerprint density at radius 2 is 1.51 bits per heavy atom. The number of ether oxygens (including phenoxy) is 1. The molecule has 1 amide bonds. The number of carbonyl (C=O) groups is 1. The zero-order chi connectivity index (χ0) is 26.3. The molecule has 0 bridgehead atoms. The van der Waals surface area contributed by atoms with Crippen molar-refractivity contribution < 1.29 is 17.9 Å². The van der Waals surface area contributed by atoms with Crippen LogP contribution in [0, 0.1) is 6.92 Å². The fraction of sp³-hybridized carbons (Fsp3) is 0.345. The molecule has 8 heteroatoms. The maximum absolute atomic E-state index is 12.9. The van der Waals surface area contributed by atoms with Gasteiger partial charge in [0.25, 0.3) is 5.91 Å². The molecule has 0 radical (unpaired) electrons. The molecule has 1 fully saturated rings. The Labute approximate surface area is 220 Å². The Morgan fingerprint density at radius 3 is 2.05 bits per heavy atom. The van der Waals surface area contributed by atoms with E-state index in [0.29, 0.717) is 30.9 Å². The standard InChI is InChI=1S/C29H35N3O4S/c1-3-16-30-37(34,35)26-14-15-27(23(2)21-26)36-22-28(33)31-17-19-32(20-18-31)29(24-10-6-4-7-11-24)25-12-8-5-9-13-25/h4-15,21,29-30H,3,16-20,22H2,1-2H3. The number of rotatable bonds is 10. The third-order valence-electron chi connectivity index (χ3n) is 6.61. The van der Waals surface area contributed by atoms with Gasteiger partial charge in [-0.3, -0.25) is 9.69 Å². The molecular formula is C29H35N3O4S. The van der Waals surface area contributed by atoms with Crippen molar-refractivity contribution in [2.45, 2.75) is 31.2 Å². The number of nitrogens with one attached hydrogen (secondary N) is 1. The third-order valence-corrected chi connectivity index (χ3v) is 8.07. The summed E-state index contributed by atoms with van der Waals surface area (Å²) >= 11 is 0. The van der Waals surface area contributed by atoms with Crippen LogP contribution in [0.1, 0.15) is 36.1 Å². The predicted molar refractivity (Wildman–Crippen MR) is 145 cm³/mol. The summed E-state index contributed by atoms with van der Waals surface area (Å²) in [5, 5.41) is 0. The van der Waals surface area contributed by atoms with Gasteiger partial charge in [-0.25, -0.2) is 13.1 Å². The highest BCUT2D eigenvalue weighted by molar-refractivity contribution is 7.89. The Hall–Kier alpha value is -3.20. The van der Waals surface area contributed by atoms with Crippen molar-refractivity contribution in [2.75, 3.05) is 39.3 Å². The van der Waals surface area contributed by atoms with Crippen LogP contribution in [0.2, 0.25) is 0 Å². The van der Waals surface area contributed by atoms with Gasteiger partial charge in [0.2, 0.25) is 10.0 Å². The second-order valence-electron chi connectivity index (χ2n) is 9.25. The van der Waals surface area contributed by atoms with E-state index in [1.807, 2.05) is 24.0 Å². The highest BCUT2D eigenvalue weighted by Crippen LogP contribution is 2.29. The summed E-state index contributed by atoms with van der Waals surface area (Å²) in [7, 11) is -3.55. The van der Waals surface area contributed by atoms with Crippen LogP contribution in [0.3, 0.4) is 0 Å². The van der Waals surface area contributed by atoms with E-state index in [4.69, 9.17) is 4.74 Å². The number of carbonyl (C=O) groups excluding carboxylic acids is 1. The van der Waals surface area contributed by atoms with Crippen molar-refractivity contribution in [1.29, 1.82) is 0 Å². The summed E-state index contributed by atoms with van der Waals surface area (Å²) in [6, 6.07) is 25.8. The smallest absolute Gasteiger partial charge is 0.260 e. The largest absolute Gasteiger partial charge is 0.483 e. The minimum Gasteiger partial charge on any atom is -0.483 e. The monoisotopic (exact) mass is 521 g/mol. The lowest BCUT2D eigenvalue weighted by Gasteiger charge is -2.39. The molecule has 1 heterocycles. The van der Waals surface area contributed by atoms with E-state index in [1.165, 1.54) is 17.2 Å². The molecule has 196 valence electrons. The zero-order valence-electron chi connectivity index (χ0n) is 21.5. The Bertz CT molecular complexity index is 1240. The topological polar surface area (TPSA) is 78.9 Å². The summed E-state index contributed by atoms with van der Waals surface area (Å²) in [6.45, 7) is 6.76. The first-order chi connectivity index (χ1) is 17.9. The van der Waals surface area contributed by atoms with E-state index in [-0.39, 0.29) is 23.5 Å². The summed E-state index contributed by atoms with van der Waals surface area (Å²) < 4.78 is 33.1. The van der Waals surface area contributed by atoms with Gasteiger partial charge in [-0.15, -0.1) is 0 Å².